The number of nitrogens with zero attached hydrogens (tertiary/aromatic N) is 3. The van der Waals surface area contributed by atoms with Gasteiger partial charge in [0.2, 0.25) is 0 Å². The summed E-state index contributed by atoms with van der Waals surface area (Å²) in [5, 5.41) is 14.8. The maximum atomic E-state index is 13.5. The van der Waals surface area contributed by atoms with Crippen LogP contribution in [0.4, 0.5) is 13.2 Å². The minimum Gasteiger partial charge on any atom is -0.497 e. The minimum absolute atomic E-state index is 0. The molecule has 0 spiro atoms. The third kappa shape index (κ3) is 4.22. The van der Waals surface area contributed by atoms with E-state index in [1.165, 1.54) is 7.11 Å². The molecule has 1 amide bonds. The van der Waals surface area contributed by atoms with Crippen LogP contribution < -0.4 is 10.1 Å². The molecule has 150 valence electrons. The molecule has 2 N–H and O–H groups in total. The fourth-order valence-corrected chi connectivity index (χ4v) is 2.46. The summed E-state index contributed by atoms with van der Waals surface area (Å²) in [5.74, 6) is -0.142. The molecule has 0 unspecified atom stereocenters. The molecule has 0 fully saturated rings. The standard InChI is InChI=1S/C17H15F3N4O3.CH4/c1-27-11-4-2-10(3-5-11)12-8-14(17(18,19)20)24-15(22-12)9-13(23-24)16(26)21-6-7-25;/h2-5,8-9,25H,6-7H2,1H3,(H,21,26);1H4. The van der Waals surface area contributed by atoms with Gasteiger partial charge in [-0.2, -0.15) is 18.3 Å². The van der Waals surface area contributed by atoms with Crippen LogP contribution in [-0.2, 0) is 6.18 Å². The highest BCUT2D eigenvalue weighted by molar-refractivity contribution is 5.93. The van der Waals surface area contributed by atoms with Gasteiger partial charge in [0.15, 0.2) is 17.0 Å². The number of hydrogen-bond acceptors (Lipinski definition) is 5. The van der Waals surface area contributed by atoms with Crippen molar-refractivity contribution in [2.24, 2.45) is 0 Å². The van der Waals surface area contributed by atoms with E-state index in [0.717, 1.165) is 12.1 Å². The molecule has 0 aliphatic rings. The maximum absolute atomic E-state index is 13.5. The van der Waals surface area contributed by atoms with Crippen LogP contribution in [0.5, 0.6) is 5.75 Å². The molecule has 2 aromatic heterocycles. The third-order valence-corrected chi connectivity index (χ3v) is 3.73. The highest BCUT2D eigenvalue weighted by Gasteiger charge is 2.35. The second-order valence-corrected chi connectivity index (χ2v) is 5.53. The lowest BCUT2D eigenvalue weighted by molar-refractivity contribution is -0.142. The number of aromatic nitrogens is 3. The minimum atomic E-state index is -4.70. The van der Waals surface area contributed by atoms with Crippen molar-refractivity contribution in [1.29, 1.82) is 0 Å². The zero-order valence-corrected chi connectivity index (χ0v) is 14.1. The molecule has 2 heterocycles. The molecule has 0 aliphatic heterocycles. The monoisotopic (exact) mass is 396 g/mol. The van der Waals surface area contributed by atoms with E-state index in [0.29, 0.717) is 15.8 Å². The van der Waals surface area contributed by atoms with Gasteiger partial charge in [0.05, 0.1) is 19.4 Å². The quantitative estimate of drug-likeness (QED) is 0.692. The number of hydrogen-bond donors (Lipinski definition) is 2. The Labute approximate surface area is 158 Å². The summed E-state index contributed by atoms with van der Waals surface area (Å²) in [4.78, 5) is 16.1. The smallest absolute Gasteiger partial charge is 0.433 e. The van der Waals surface area contributed by atoms with E-state index in [2.05, 4.69) is 15.4 Å². The van der Waals surface area contributed by atoms with Crippen LogP contribution in [0.25, 0.3) is 16.9 Å². The molecule has 3 rings (SSSR count). The number of nitrogens with one attached hydrogen (secondary N) is 1. The second kappa shape index (κ2) is 8.26. The molecule has 0 aliphatic carbocycles. The van der Waals surface area contributed by atoms with Crippen LogP contribution in [0, 0.1) is 0 Å². The van der Waals surface area contributed by atoms with Gasteiger partial charge in [-0.1, -0.05) is 7.43 Å². The number of amides is 1. The van der Waals surface area contributed by atoms with E-state index in [9.17, 15) is 18.0 Å². The van der Waals surface area contributed by atoms with Gasteiger partial charge in [0.1, 0.15) is 5.75 Å². The molecular formula is C18H19F3N4O3. The van der Waals surface area contributed by atoms with E-state index in [1.807, 2.05) is 0 Å². The first-order valence-corrected chi connectivity index (χ1v) is 7.85. The Kier molecular flexibility index (Phi) is 6.24. The molecule has 0 radical (unpaired) electrons. The molecule has 0 atom stereocenters. The molecule has 0 saturated carbocycles. The molecule has 0 bridgehead atoms. The topological polar surface area (TPSA) is 88.8 Å². The number of carbonyl (C=O) groups is 1. The molecule has 0 saturated heterocycles. The van der Waals surface area contributed by atoms with Crippen LogP contribution in [0.3, 0.4) is 0 Å². The summed E-state index contributed by atoms with van der Waals surface area (Å²) in [6.45, 7) is -0.337. The highest BCUT2D eigenvalue weighted by Crippen LogP contribution is 2.32. The first-order valence-electron chi connectivity index (χ1n) is 7.85. The fourth-order valence-electron chi connectivity index (χ4n) is 2.46. The summed E-state index contributed by atoms with van der Waals surface area (Å²) >= 11 is 0. The average molecular weight is 396 g/mol. The van der Waals surface area contributed by atoms with Crippen molar-refractivity contribution >= 4 is 11.6 Å². The predicted molar refractivity (Wildman–Crippen MR) is 96.1 cm³/mol. The lowest BCUT2D eigenvalue weighted by Crippen LogP contribution is -2.26. The van der Waals surface area contributed by atoms with Crippen LogP contribution in [0.2, 0.25) is 0 Å². The van der Waals surface area contributed by atoms with E-state index < -0.39 is 17.8 Å². The van der Waals surface area contributed by atoms with Gasteiger partial charge >= 0.3 is 6.18 Å². The van der Waals surface area contributed by atoms with E-state index >= 15 is 0 Å². The normalized spacial score (nSPS) is 11.2. The van der Waals surface area contributed by atoms with Crippen LogP contribution in [-0.4, -0.2) is 45.9 Å². The van der Waals surface area contributed by atoms with Gasteiger partial charge in [-0.3, -0.25) is 4.79 Å². The molecule has 1 aromatic carbocycles. The number of aliphatic hydroxyl groups is 1. The van der Waals surface area contributed by atoms with Crippen molar-refractivity contribution < 1.29 is 27.8 Å². The lowest BCUT2D eigenvalue weighted by Gasteiger charge is -2.11. The first kappa shape index (κ1) is 21.2. The molecule has 28 heavy (non-hydrogen) atoms. The Balaban J connectivity index is 0.00000280. The molecule has 7 nitrogen and oxygen atoms in total. The van der Waals surface area contributed by atoms with E-state index in [-0.39, 0.29) is 37.6 Å². The number of ether oxygens (including phenoxy) is 1. The van der Waals surface area contributed by atoms with Gasteiger partial charge < -0.3 is 15.2 Å². The number of halogens is 3. The van der Waals surface area contributed by atoms with Crippen molar-refractivity contribution in [2.75, 3.05) is 20.3 Å². The Bertz CT molecular complexity index is 969. The van der Waals surface area contributed by atoms with Gasteiger partial charge in [0, 0.05) is 18.2 Å². The van der Waals surface area contributed by atoms with Gasteiger partial charge in [-0.25, -0.2) is 9.50 Å². The summed E-state index contributed by atoms with van der Waals surface area (Å²) in [7, 11) is 1.48. The number of benzene rings is 1. The van der Waals surface area contributed by atoms with Crippen LogP contribution in [0.15, 0.2) is 36.4 Å². The zero-order valence-electron chi connectivity index (χ0n) is 14.1. The fraction of sp³-hybridized carbons (Fsp3) is 0.278. The molecular weight excluding hydrogens is 377 g/mol. The van der Waals surface area contributed by atoms with E-state index in [4.69, 9.17) is 9.84 Å². The van der Waals surface area contributed by atoms with Crippen molar-refractivity contribution in [1.82, 2.24) is 19.9 Å². The van der Waals surface area contributed by atoms with Crippen molar-refractivity contribution in [3.05, 3.63) is 47.8 Å². The number of aliphatic hydroxyl groups excluding tert-OH is 1. The highest BCUT2D eigenvalue weighted by atomic mass is 19.4. The molecule has 10 heteroatoms. The Morgan fingerprint density at radius 1 is 1.25 bits per heavy atom. The maximum Gasteiger partial charge on any atom is 0.433 e. The van der Waals surface area contributed by atoms with Gasteiger partial charge in [-0.15, -0.1) is 0 Å². The van der Waals surface area contributed by atoms with Crippen molar-refractivity contribution in [2.45, 2.75) is 13.6 Å². The number of alkyl halides is 3. The number of methoxy groups -OCH3 is 1. The summed E-state index contributed by atoms with van der Waals surface area (Å²) < 4.78 is 46.1. The largest absolute Gasteiger partial charge is 0.497 e. The third-order valence-electron chi connectivity index (χ3n) is 3.73. The predicted octanol–water partition coefficient (Wildman–Crippen LogP) is 2.78. The Morgan fingerprint density at radius 3 is 2.50 bits per heavy atom. The van der Waals surface area contributed by atoms with Crippen molar-refractivity contribution in [3.8, 4) is 17.0 Å². The number of fused-ring (bicyclic) bond motifs is 1. The lowest BCUT2D eigenvalue weighted by atomic mass is 10.1. The summed E-state index contributed by atoms with van der Waals surface area (Å²) in [5.41, 5.74) is -0.867. The Morgan fingerprint density at radius 2 is 1.93 bits per heavy atom. The Hall–Kier alpha value is -3.14. The van der Waals surface area contributed by atoms with Gasteiger partial charge in [-0.05, 0) is 30.3 Å². The van der Waals surface area contributed by atoms with Crippen LogP contribution in [0.1, 0.15) is 23.6 Å². The SMILES string of the molecule is C.COc1ccc(-c2cc(C(F)(F)F)n3nc(C(=O)NCCO)cc3n2)cc1. The summed E-state index contributed by atoms with van der Waals surface area (Å²) in [6, 6.07) is 8.43. The number of rotatable bonds is 5. The zero-order chi connectivity index (χ0) is 19.6. The van der Waals surface area contributed by atoms with Crippen molar-refractivity contribution in [3.63, 3.8) is 0 Å². The van der Waals surface area contributed by atoms with E-state index in [1.54, 1.807) is 24.3 Å². The second-order valence-electron chi connectivity index (χ2n) is 5.53. The average Bonchev–Trinajstić information content (AvgIpc) is 3.08. The number of carbonyl (C=O) groups excluding carboxylic acids is 1. The summed E-state index contributed by atoms with van der Waals surface area (Å²) in [6.07, 6.45) is -4.70. The van der Waals surface area contributed by atoms with Gasteiger partial charge in [0.25, 0.3) is 5.91 Å². The van der Waals surface area contributed by atoms with Crippen LogP contribution >= 0.6 is 0 Å². The first-order chi connectivity index (χ1) is 12.8. The molecule has 3 aromatic rings.